The van der Waals surface area contributed by atoms with Crippen molar-refractivity contribution in [3.8, 4) is 0 Å². The summed E-state index contributed by atoms with van der Waals surface area (Å²) >= 11 is 0. The Hall–Kier alpha value is -2.43. The van der Waals surface area contributed by atoms with Gasteiger partial charge in [0.25, 0.3) is 0 Å². The number of para-hydroxylation sites is 1. The Bertz CT molecular complexity index is 696. The second kappa shape index (κ2) is 4.53. The molecule has 5 heteroatoms. The van der Waals surface area contributed by atoms with Crippen LogP contribution >= 0.6 is 0 Å². The number of cyclic esters (lactones) is 2. The molecule has 1 aromatic carbocycles. The van der Waals surface area contributed by atoms with Gasteiger partial charge in [0.05, 0.1) is 17.3 Å². The normalized spacial score (nSPS) is 35.2. The molecule has 22 heavy (non-hydrogen) atoms. The number of hydrogen-bond acceptors (Lipinski definition) is 4. The van der Waals surface area contributed by atoms with Crippen LogP contribution in [0.4, 0.5) is 5.69 Å². The molecule has 0 radical (unpaired) electrons. The highest BCUT2D eigenvalue weighted by Crippen LogP contribution is 2.56. The van der Waals surface area contributed by atoms with Crippen molar-refractivity contribution in [2.75, 3.05) is 5.32 Å². The first-order valence-corrected chi connectivity index (χ1v) is 7.43. The second-order valence-electron chi connectivity index (χ2n) is 6.17. The van der Waals surface area contributed by atoms with Gasteiger partial charge in [-0.25, -0.2) is 0 Å². The minimum atomic E-state index is -0.974. The van der Waals surface area contributed by atoms with E-state index >= 15 is 0 Å². The highest BCUT2D eigenvalue weighted by Gasteiger charge is 2.64. The lowest BCUT2D eigenvalue weighted by Crippen LogP contribution is -2.52. The average Bonchev–Trinajstić information content (AvgIpc) is 2.87. The molecule has 5 rings (SSSR count). The number of carbonyl (C=O) groups excluding carboxylic acids is 3. The molecule has 1 heterocycles. The molecule has 4 aliphatic rings. The molecule has 5 nitrogen and oxygen atoms in total. The van der Waals surface area contributed by atoms with Crippen LogP contribution < -0.4 is 5.32 Å². The van der Waals surface area contributed by atoms with Gasteiger partial charge in [0, 0.05) is 5.69 Å². The first kappa shape index (κ1) is 13.2. The molecular formula is C17H15NO4. The number of amides is 1. The van der Waals surface area contributed by atoms with Gasteiger partial charge in [-0.15, -0.1) is 0 Å². The van der Waals surface area contributed by atoms with Gasteiger partial charge < -0.3 is 10.1 Å². The lowest BCUT2D eigenvalue weighted by atomic mass is 9.54. The smallest absolute Gasteiger partial charge is 0.318 e. The predicted molar refractivity (Wildman–Crippen MR) is 77.4 cm³/mol. The zero-order chi connectivity index (χ0) is 15.3. The first-order chi connectivity index (χ1) is 10.6. The van der Waals surface area contributed by atoms with Crippen LogP contribution in [0.5, 0.6) is 0 Å². The fourth-order valence-electron chi connectivity index (χ4n) is 4.00. The third-order valence-corrected chi connectivity index (χ3v) is 5.09. The number of nitrogens with one attached hydrogen (secondary N) is 1. The van der Waals surface area contributed by atoms with E-state index in [1.54, 1.807) is 18.2 Å². The highest BCUT2D eigenvalue weighted by atomic mass is 16.6. The van der Waals surface area contributed by atoms with E-state index in [2.05, 4.69) is 5.32 Å². The van der Waals surface area contributed by atoms with E-state index in [9.17, 15) is 14.4 Å². The van der Waals surface area contributed by atoms with Crippen molar-refractivity contribution in [3.63, 3.8) is 0 Å². The van der Waals surface area contributed by atoms with E-state index in [0.29, 0.717) is 12.1 Å². The summed E-state index contributed by atoms with van der Waals surface area (Å²) in [7, 11) is 0. The van der Waals surface area contributed by atoms with E-state index in [-0.39, 0.29) is 11.8 Å². The summed E-state index contributed by atoms with van der Waals surface area (Å²) in [4.78, 5) is 36.9. The topological polar surface area (TPSA) is 72.5 Å². The summed E-state index contributed by atoms with van der Waals surface area (Å²) < 4.78 is 4.82. The second-order valence-corrected chi connectivity index (χ2v) is 6.17. The summed E-state index contributed by atoms with van der Waals surface area (Å²) in [6, 6.07) is 9.11. The molecular weight excluding hydrogens is 282 g/mol. The van der Waals surface area contributed by atoms with Crippen LogP contribution in [0.25, 0.3) is 0 Å². The molecule has 1 aliphatic heterocycles. The van der Waals surface area contributed by atoms with Crippen molar-refractivity contribution < 1.29 is 19.1 Å². The number of carbonyl (C=O) groups is 3. The van der Waals surface area contributed by atoms with Gasteiger partial charge in [-0.1, -0.05) is 30.4 Å². The number of hydrogen-bond donors (Lipinski definition) is 1. The molecule has 0 aromatic heterocycles. The summed E-state index contributed by atoms with van der Waals surface area (Å²) in [5.74, 6) is -2.47. The lowest BCUT2D eigenvalue weighted by molar-refractivity contribution is -0.155. The Morgan fingerprint density at radius 1 is 1.18 bits per heavy atom. The third-order valence-electron chi connectivity index (χ3n) is 5.09. The van der Waals surface area contributed by atoms with Crippen molar-refractivity contribution in [1.82, 2.24) is 0 Å². The minimum Gasteiger partial charge on any atom is -0.393 e. The van der Waals surface area contributed by atoms with E-state index in [1.165, 1.54) is 0 Å². The number of benzene rings is 1. The van der Waals surface area contributed by atoms with Gasteiger partial charge in [0.1, 0.15) is 0 Å². The highest BCUT2D eigenvalue weighted by molar-refractivity contribution is 6.05. The molecule has 1 amide bonds. The Kier molecular flexibility index (Phi) is 2.73. The fraction of sp³-hybridized carbons (Fsp3) is 0.353. The summed E-state index contributed by atoms with van der Waals surface area (Å²) in [6.45, 7) is 0. The predicted octanol–water partition coefficient (Wildman–Crippen LogP) is 1.91. The minimum absolute atomic E-state index is 0.00958. The maximum atomic E-state index is 12.9. The monoisotopic (exact) mass is 297 g/mol. The average molecular weight is 297 g/mol. The number of allylic oxidation sites excluding steroid dienone is 1. The SMILES string of the molecule is O=C1OC(=O)[C@H]2[C@@H]1[C@H]1C=C[C@@]2(C(=O)Nc2ccccc2)CC1. The summed E-state index contributed by atoms with van der Waals surface area (Å²) in [6.07, 6.45) is 4.99. The van der Waals surface area contributed by atoms with E-state index in [1.807, 2.05) is 24.3 Å². The van der Waals surface area contributed by atoms with Crippen molar-refractivity contribution in [1.29, 1.82) is 0 Å². The van der Waals surface area contributed by atoms with Crippen LogP contribution in [0.2, 0.25) is 0 Å². The van der Waals surface area contributed by atoms with Gasteiger partial charge in [0.2, 0.25) is 5.91 Å². The van der Waals surface area contributed by atoms with Gasteiger partial charge in [-0.3, -0.25) is 14.4 Å². The zero-order valence-electron chi connectivity index (χ0n) is 11.8. The van der Waals surface area contributed by atoms with Crippen LogP contribution in [0.1, 0.15) is 12.8 Å². The molecule has 2 bridgehead atoms. The fourth-order valence-corrected chi connectivity index (χ4v) is 4.00. The van der Waals surface area contributed by atoms with Gasteiger partial charge >= 0.3 is 11.9 Å². The van der Waals surface area contributed by atoms with Gasteiger partial charge in [0.15, 0.2) is 0 Å². The zero-order valence-corrected chi connectivity index (χ0v) is 11.8. The van der Waals surface area contributed by atoms with Crippen molar-refractivity contribution in [3.05, 3.63) is 42.5 Å². The van der Waals surface area contributed by atoms with Crippen molar-refractivity contribution in [2.45, 2.75) is 12.8 Å². The Balaban J connectivity index is 1.71. The Morgan fingerprint density at radius 2 is 1.95 bits per heavy atom. The molecule has 4 atom stereocenters. The quantitative estimate of drug-likeness (QED) is 0.514. The van der Waals surface area contributed by atoms with Gasteiger partial charge in [-0.05, 0) is 30.9 Å². The lowest BCUT2D eigenvalue weighted by Gasteiger charge is -2.45. The van der Waals surface area contributed by atoms with Crippen LogP contribution in [0.3, 0.4) is 0 Å². The van der Waals surface area contributed by atoms with Crippen LogP contribution in [-0.4, -0.2) is 17.8 Å². The van der Waals surface area contributed by atoms with Crippen LogP contribution in [0.15, 0.2) is 42.5 Å². The number of esters is 2. The van der Waals surface area contributed by atoms with E-state index in [4.69, 9.17) is 4.74 Å². The molecule has 112 valence electrons. The van der Waals surface area contributed by atoms with Crippen LogP contribution in [-0.2, 0) is 19.1 Å². The molecule has 1 N–H and O–H groups in total. The first-order valence-electron chi connectivity index (χ1n) is 7.43. The molecule has 0 unspecified atom stereocenters. The molecule has 0 spiro atoms. The largest absolute Gasteiger partial charge is 0.393 e. The number of anilines is 1. The Morgan fingerprint density at radius 3 is 2.64 bits per heavy atom. The molecule has 3 aliphatic carbocycles. The molecule has 1 saturated carbocycles. The maximum absolute atomic E-state index is 12.9. The molecule has 2 fully saturated rings. The molecule has 1 aromatic rings. The van der Waals surface area contributed by atoms with Crippen molar-refractivity contribution >= 4 is 23.5 Å². The van der Waals surface area contributed by atoms with E-state index < -0.39 is 29.2 Å². The standard InChI is InChI=1S/C17H15NO4/c19-14-12-10-6-8-17(9-7-10,13(12)15(20)22-14)16(21)18-11-4-2-1-3-5-11/h1-6,8,10,12-13H,7,9H2,(H,18,21)/t10-,12-,13+,17+/m0/s1. The van der Waals surface area contributed by atoms with E-state index in [0.717, 1.165) is 6.42 Å². The van der Waals surface area contributed by atoms with Gasteiger partial charge in [-0.2, -0.15) is 0 Å². The maximum Gasteiger partial charge on any atom is 0.318 e. The van der Waals surface area contributed by atoms with Crippen molar-refractivity contribution in [2.24, 2.45) is 23.2 Å². The molecule has 1 saturated heterocycles. The summed E-state index contributed by atoms with van der Waals surface area (Å²) in [5.41, 5.74) is -0.296. The number of rotatable bonds is 2. The Labute approximate surface area is 127 Å². The number of ether oxygens (including phenoxy) is 1. The third kappa shape index (κ3) is 1.68. The van der Waals surface area contributed by atoms with Crippen LogP contribution in [0, 0.1) is 23.2 Å². The summed E-state index contributed by atoms with van der Waals surface area (Å²) in [5, 5.41) is 2.87. The number of fused-ring (bicyclic) bond motifs is 1.